The molecule has 3 nitrogen and oxygen atoms in total. The molecule has 0 fully saturated rings. The van der Waals surface area contributed by atoms with Gasteiger partial charge in [0.25, 0.3) is 0 Å². The summed E-state index contributed by atoms with van der Waals surface area (Å²) in [6.07, 6.45) is 3.71. The highest BCUT2D eigenvalue weighted by molar-refractivity contribution is 6.06. The lowest BCUT2D eigenvalue weighted by atomic mass is 10.1. The maximum Gasteiger partial charge on any atom is 0.221 e. The topological polar surface area (TPSA) is 37.9 Å². The van der Waals surface area contributed by atoms with E-state index in [0.717, 1.165) is 16.3 Å². The fraction of sp³-hybridized carbons (Fsp3) is 0.0833. The number of ether oxygens (including phenoxy) is 1. The van der Waals surface area contributed by atoms with Crippen LogP contribution < -0.4 is 4.74 Å². The summed E-state index contributed by atoms with van der Waals surface area (Å²) in [5.74, 6) is 0.670. The molecule has 0 saturated carbocycles. The van der Waals surface area contributed by atoms with E-state index in [1.165, 1.54) is 5.39 Å². The van der Waals surface area contributed by atoms with Gasteiger partial charge in [0.2, 0.25) is 5.88 Å². The first-order chi connectivity index (χ1) is 7.40. The molecule has 0 bridgehead atoms. The van der Waals surface area contributed by atoms with Crippen LogP contribution >= 0.6 is 0 Å². The van der Waals surface area contributed by atoms with E-state index in [4.69, 9.17) is 4.74 Å². The van der Waals surface area contributed by atoms with Crippen LogP contribution in [0.2, 0.25) is 0 Å². The Morgan fingerprint density at radius 2 is 2.07 bits per heavy atom. The Hall–Kier alpha value is -2.03. The minimum absolute atomic E-state index is 0.670. The Morgan fingerprint density at radius 1 is 1.13 bits per heavy atom. The first-order valence-corrected chi connectivity index (χ1v) is 4.79. The van der Waals surface area contributed by atoms with Crippen molar-refractivity contribution in [2.75, 3.05) is 7.11 Å². The van der Waals surface area contributed by atoms with Gasteiger partial charge in [-0.25, -0.2) is 4.98 Å². The van der Waals surface area contributed by atoms with E-state index in [0.29, 0.717) is 5.88 Å². The fourth-order valence-corrected chi connectivity index (χ4v) is 1.92. The summed E-state index contributed by atoms with van der Waals surface area (Å²) in [5.41, 5.74) is 1.13. The molecule has 15 heavy (non-hydrogen) atoms. The van der Waals surface area contributed by atoms with Crippen molar-refractivity contribution in [3.05, 3.63) is 36.7 Å². The zero-order chi connectivity index (χ0) is 10.3. The quantitative estimate of drug-likeness (QED) is 0.652. The van der Waals surface area contributed by atoms with E-state index in [1.807, 2.05) is 18.3 Å². The lowest BCUT2D eigenvalue weighted by Gasteiger charge is -2.04. The van der Waals surface area contributed by atoms with Gasteiger partial charge in [-0.05, 0) is 18.2 Å². The third-order valence-electron chi connectivity index (χ3n) is 2.63. The zero-order valence-corrected chi connectivity index (χ0v) is 8.32. The van der Waals surface area contributed by atoms with Gasteiger partial charge in [-0.1, -0.05) is 6.07 Å². The molecule has 1 N–H and O–H groups in total. The number of fused-ring (bicyclic) bond motifs is 3. The number of rotatable bonds is 1. The van der Waals surface area contributed by atoms with Gasteiger partial charge in [-0.15, -0.1) is 0 Å². The van der Waals surface area contributed by atoms with Crippen LogP contribution in [0.25, 0.3) is 21.7 Å². The van der Waals surface area contributed by atoms with Crippen LogP contribution in [0.15, 0.2) is 36.7 Å². The number of hydrogen-bond acceptors (Lipinski definition) is 2. The van der Waals surface area contributed by atoms with Crippen LogP contribution in [0.5, 0.6) is 5.88 Å². The second-order valence-corrected chi connectivity index (χ2v) is 3.42. The number of methoxy groups -OCH3 is 1. The fourth-order valence-electron chi connectivity index (χ4n) is 1.92. The summed E-state index contributed by atoms with van der Waals surface area (Å²) in [5, 5.41) is 3.38. The molecule has 0 aliphatic heterocycles. The Kier molecular flexibility index (Phi) is 1.65. The van der Waals surface area contributed by atoms with Gasteiger partial charge in [0.05, 0.1) is 12.6 Å². The van der Waals surface area contributed by atoms with E-state index in [-0.39, 0.29) is 0 Å². The number of nitrogens with zero attached hydrogens (tertiary/aromatic N) is 1. The number of pyridine rings is 1. The monoisotopic (exact) mass is 198 g/mol. The molecule has 0 aliphatic carbocycles. The van der Waals surface area contributed by atoms with Crippen LogP contribution in [0.3, 0.4) is 0 Å². The van der Waals surface area contributed by atoms with E-state index in [9.17, 15) is 0 Å². The minimum Gasteiger partial charge on any atom is -0.481 e. The lowest BCUT2D eigenvalue weighted by Crippen LogP contribution is -1.88. The van der Waals surface area contributed by atoms with Crippen LogP contribution in [0.1, 0.15) is 0 Å². The smallest absolute Gasteiger partial charge is 0.221 e. The standard InChI is InChI=1S/C12H10N2O/c1-15-12-10-3-2-8-4-6-13-11(8)9(10)5-7-14-12/h2-7,13H,1H3. The molecule has 0 saturated heterocycles. The maximum absolute atomic E-state index is 5.23. The Labute approximate surface area is 86.7 Å². The number of H-pyrrole nitrogens is 1. The molecule has 74 valence electrons. The van der Waals surface area contributed by atoms with Gasteiger partial charge in [0.1, 0.15) is 0 Å². The second kappa shape index (κ2) is 2.98. The second-order valence-electron chi connectivity index (χ2n) is 3.42. The summed E-state index contributed by atoms with van der Waals surface area (Å²) in [4.78, 5) is 7.41. The number of benzene rings is 1. The van der Waals surface area contributed by atoms with Gasteiger partial charge < -0.3 is 9.72 Å². The van der Waals surface area contributed by atoms with E-state index < -0.39 is 0 Å². The minimum atomic E-state index is 0.670. The Balaban J connectivity index is 2.53. The third-order valence-corrected chi connectivity index (χ3v) is 2.63. The Bertz CT molecular complexity index is 628. The molecule has 1 aromatic carbocycles. The van der Waals surface area contributed by atoms with Crippen LogP contribution in [0, 0.1) is 0 Å². The van der Waals surface area contributed by atoms with Crippen LogP contribution in [-0.2, 0) is 0 Å². The van der Waals surface area contributed by atoms with Gasteiger partial charge >= 0.3 is 0 Å². The van der Waals surface area contributed by atoms with Crippen molar-refractivity contribution in [3.8, 4) is 5.88 Å². The molecule has 2 aromatic heterocycles. The molecule has 0 aliphatic rings. The predicted octanol–water partition coefficient (Wildman–Crippen LogP) is 2.72. The highest BCUT2D eigenvalue weighted by Crippen LogP contribution is 2.28. The number of aromatic amines is 1. The first kappa shape index (κ1) is 8.29. The molecule has 3 heteroatoms. The molecule has 0 radical (unpaired) electrons. The summed E-state index contributed by atoms with van der Waals surface area (Å²) >= 11 is 0. The average molecular weight is 198 g/mol. The molecule has 3 aromatic rings. The van der Waals surface area contributed by atoms with Crippen molar-refractivity contribution in [2.24, 2.45) is 0 Å². The largest absolute Gasteiger partial charge is 0.481 e. The van der Waals surface area contributed by atoms with Gasteiger partial charge in [-0.3, -0.25) is 0 Å². The SMILES string of the molecule is COc1nccc2c1ccc1cc[nH]c12. The van der Waals surface area contributed by atoms with Crippen molar-refractivity contribution in [2.45, 2.75) is 0 Å². The number of hydrogen-bond donors (Lipinski definition) is 1. The van der Waals surface area contributed by atoms with Gasteiger partial charge in [0, 0.05) is 28.6 Å². The summed E-state index contributed by atoms with van der Waals surface area (Å²) in [7, 11) is 1.64. The summed E-state index contributed by atoms with van der Waals surface area (Å²) in [6.45, 7) is 0. The highest BCUT2D eigenvalue weighted by Gasteiger charge is 2.05. The van der Waals surface area contributed by atoms with Crippen molar-refractivity contribution < 1.29 is 4.74 Å². The molecule has 0 unspecified atom stereocenters. The highest BCUT2D eigenvalue weighted by atomic mass is 16.5. The maximum atomic E-state index is 5.23. The Morgan fingerprint density at radius 3 is 2.93 bits per heavy atom. The van der Waals surface area contributed by atoms with E-state index in [1.54, 1.807) is 13.3 Å². The van der Waals surface area contributed by atoms with Crippen molar-refractivity contribution in [1.82, 2.24) is 9.97 Å². The number of aromatic nitrogens is 2. The molecule has 0 atom stereocenters. The molecule has 0 amide bonds. The molecule has 2 heterocycles. The molecule has 0 spiro atoms. The zero-order valence-electron chi connectivity index (χ0n) is 8.32. The first-order valence-electron chi connectivity index (χ1n) is 4.79. The van der Waals surface area contributed by atoms with Crippen molar-refractivity contribution in [3.63, 3.8) is 0 Å². The van der Waals surface area contributed by atoms with Crippen LogP contribution in [-0.4, -0.2) is 17.1 Å². The summed E-state index contributed by atoms with van der Waals surface area (Å²) < 4.78 is 5.23. The van der Waals surface area contributed by atoms with E-state index >= 15 is 0 Å². The summed E-state index contributed by atoms with van der Waals surface area (Å²) in [6, 6.07) is 8.16. The molecular formula is C12H10N2O. The predicted molar refractivity (Wildman–Crippen MR) is 60.2 cm³/mol. The van der Waals surface area contributed by atoms with E-state index in [2.05, 4.69) is 22.1 Å². The van der Waals surface area contributed by atoms with Crippen molar-refractivity contribution >= 4 is 21.7 Å². The molecule has 3 rings (SSSR count). The average Bonchev–Trinajstić information content (AvgIpc) is 2.76. The van der Waals surface area contributed by atoms with Gasteiger partial charge in [0.15, 0.2) is 0 Å². The number of nitrogens with one attached hydrogen (secondary N) is 1. The third kappa shape index (κ3) is 1.09. The van der Waals surface area contributed by atoms with Crippen LogP contribution in [0.4, 0.5) is 0 Å². The lowest BCUT2D eigenvalue weighted by molar-refractivity contribution is 0.403. The van der Waals surface area contributed by atoms with Crippen molar-refractivity contribution in [1.29, 1.82) is 0 Å². The van der Waals surface area contributed by atoms with Gasteiger partial charge in [-0.2, -0.15) is 0 Å². The molecular weight excluding hydrogens is 188 g/mol. The normalized spacial score (nSPS) is 11.0.